The maximum absolute atomic E-state index is 12.7. The van der Waals surface area contributed by atoms with Gasteiger partial charge in [0.2, 0.25) is 6.29 Å². The van der Waals surface area contributed by atoms with Gasteiger partial charge in [-0.3, -0.25) is 4.79 Å². The molecule has 14 heteroatoms. The van der Waals surface area contributed by atoms with Gasteiger partial charge in [-0.15, -0.1) is 0 Å². The molecule has 1 fully saturated rings. The minimum Gasteiger partial charge on any atom is -0.494 e. The molecule has 2 aliphatic heterocycles. The van der Waals surface area contributed by atoms with E-state index in [1.54, 1.807) is 18.2 Å². The molecule has 2 aliphatic rings. The van der Waals surface area contributed by atoms with Gasteiger partial charge in [0, 0.05) is 23.8 Å². The van der Waals surface area contributed by atoms with Crippen LogP contribution in [0.3, 0.4) is 0 Å². The van der Waals surface area contributed by atoms with Gasteiger partial charge in [-0.1, -0.05) is 24.3 Å². The zero-order valence-corrected chi connectivity index (χ0v) is 28.1. The molecule has 13 nitrogen and oxygen atoms in total. The molecule has 0 unspecified atom stereocenters. The second-order valence-electron chi connectivity index (χ2n) is 12.4. The number of aryl methyl sites for hydroxylation is 2. The molecule has 3 aromatic rings. The summed E-state index contributed by atoms with van der Waals surface area (Å²) in [7, 11) is -3.03. The van der Waals surface area contributed by atoms with Crippen LogP contribution in [-0.2, 0) is 35.5 Å². The molecular weight excluding hydrogens is 660 g/mol. The first kappa shape index (κ1) is 36.1. The number of aliphatic hydroxyl groups is 3. The predicted octanol–water partition coefficient (Wildman–Crippen LogP) is 2.66. The summed E-state index contributed by atoms with van der Waals surface area (Å²) in [6.07, 6.45) is -7.78. The van der Waals surface area contributed by atoms with Crippen molar-refractivity contribution in [2.45, 2.75) is 69.9 Å². The van der Waals surface area contributed by atoms with Gasteiger partial charge >= 0.3 is 11.9 Å². The Labute approximate surface area is 283 Å². The number of benzene rings is 3. The molecule has 0 saturated carbocycles. The molecule has 0 aromatic heterocycles. The molecular formula is C35H40O13S. The van der Waals surface area contributed by atoms with E-state index in [2.05, 4.69) is 6.07 Å². The van der Waals surface area contributed by atoms with E-state index in [0.717, 1.165) is 33.4 Å². The highest BCUT2D eigenvalue weighted by Crippen LogP contribution is 2.39. The van der Waals surface area contributed by atoms with E-state index in [0.29, 0.717) is 30.3 Å². The van der Waals surface area contributed by atoms with E-state index in [9.17, 15) is 38.4 Å². The Bertz CT molecular complexity index is 1770. The molecule has 264 valence electrons. The van der Waals surface area contributed by atoms with Crippen LogP contribution >= 0.6 is 0 Å². The molecule has 0 radical (unpaired) electrons. The summed E-state index contributed by atoms with van der Waals surface area (Å²) >= 11 is 0. The van der Waals surface area contributed by atoms with Gasteiger partial charge < -0.3 is 44.1 Å². The molecule has 5 rings (SSSR count). The lowest BCUT2D eigenvalue weighted by Crippen LogP contribution is -2.60. The number of aliphatic carboxylic acids is 1. The SMILES string of the molecule is Cc1cc(OCCCS(C)(=O)=O)cc(C)c1-c1cccc(COc2ccc3c(c2)OC[C@H]3CC(=O)O[C@H]2O[C@@H](C(=O)O)[C@H](O)[C@H](O)[C@@H]2O)c1. The number of carbonyl (C=O) groups is 2. The summed E-state index contributed by atoms with van der Waals surface area (Å²) in [5.74, 6) is -0.916. The summed E-state index contributed by atoms with van der Waals surface area (Å²) in [5.41, 5.74) is 5.81. The highest BCUT2D eigenvalue weighted by Gasteiger charge is 2.48. The Morgan fingerprint density at radius 2 is 1.65 bits per heavy atom. The van der Waals surface area contributed by atoms with Crippen molar-refractivity contribution in [2.75, 3.05) is 25.2 Å². The van der Waals surface area contributed by atoms with Crippen molar-refractivity contribution in [1.29, 1.82) is 0 Å². The first-order chi connectivity index (χ1) is 23.2. The lowest BCUT2D eigenvalue weighted by Gasteiger charge is -2.38. The number of esters is 1. The fourth-order valence-electron chi connectivity index (χ4n) is 6.00. The van der Waals surface area contributed by atoms with Gasteiger partial charge in [0.05, 0.1) is 25.4 Å². The second kappa shape index (κ2) is 15.1. The second-order valence-corrected chi connectivity index (χ2v) is 14.6. The van der Waals surface area contributed by atoms with Crippen molar-refractivity contribution in [1.82, 2.24) is 0 Å². The monoisotopic (exact) mass is 700 g/mol. The lowest BCUT2D eigenvalue weighted by atomic mass is 9.94. The number of rotatable bonds is 13. The summed E-state index contributed by atoms with van der Waals surface area (Å²) in [6.45, 7) is 4.78. The van der Waals surface area contributed by atoms with E-state index in [-0.39, 0.29) is 25.4 Å². The van der Waals surface area contributed by atoms with Crippen molar-refractivity contribution >= 4 is 21.8 Å². The molecule has 3 aromatic carbocycles. The topological polar surface area (TPSA) is 195 Å². The van der Waals surface area contributed by atoms with Crippen molar-refractivity contribution in [3.05, 3.63) is 76.9 Å². The Morgan fingerprint density at radius 3 is 2.35 bits per heavy atom. The van der Waals surface area contributed by atoms with E-state index < -0.39 is 58.4 Å². The molecule has 4 N–H and O–H groups in total. The van der Waals surface area contributed by atoms with Crippen molar-refractivity contribution in [3.63, 3.8) is 0 Å². The number of sulfone groups is 1. The third-order valence-corrected chi connectivity index (χ3v) is 9.42. The fraction of sp³-hybridized carbons (Fsp3) is 0.429. The number of hydrogen-bond acceptors (Lipinski definition) is 12. The van der Waals surface area contributed by atoms with Gasteiger partial charge in [-0.05, 0) is 72.4 Å². The van der Waals surface area contributed by atoms with Gasteiger partial charge in [-0.2, -0.15) is 0 Å². The Morgan fingerprint density at radius 1 is 0.918 bits per heavy atom. The van der Waals surface area contributed by atoms with Crippen molar-refractivity contribution < 1.29 is 62.1 Å². The molecule has 0 amide bonds. The quantitative estimate of drug-likeness (QED) is 0.150. The Hall–Kier alpha value is -4.21. The van der Waals surface area contributed by atoms with E-state index in [4.69, 9.17) is 23.7 Å². The standard InChI is InChI=1S/C35H40O13S/c1-19-12-25(44-10-5-11-49(3,42)43)13-20(2)29(19)22-7-4-6-21(14-22)17-45-24-8-9-26-23(18-46-27(26)16-24)15-28(36)47-35-32(39)30(37)31(38)33(48-35)34(40)41/h4,6-9,12-14,16,23,30-33,35,37-39H,5,10-11,15,17-18H2,1-3H3,(H,40,41)/t23-,30+,31-,32+,33-,35+/m1/s1. The summed E-state index contributed by atoms with van der Waals surface area (Å²) < 4.78 is 50.6. The molecule has 2 heterocycles. The van der Waals surface area contributed by atoms with Crippen LogP contribution in [0.25, 0.3) is 11.1 Å². The number of aliphatic hydroxyl groups excluding tert-OH is 3. The fourth-order valence-corrected chi connectivity index (χ4v) is 6.64. The van der Waals surface area contributed by atoms with Crippen molar-refractivity contribution in [3.8, 4) is 28.4 Å². The summed E-state index contributed by atoms with van der Waals surface area (Å²) in [6, 6.07) is 17.2. The Balaban J connectivity index is 1.17. The van der Waals surface area contributed by atoms with Crippen LogP contribution in [-0.4, -0.2) is 96.7 Å². The van der Waals surface area contributed by atoms with Crippen LogP contribution in [0, 0.1) is 13.8 Å². The largest absolute Gasteiger partial charge is 0.494 e. The van der Waals surface area contributed by atoms with Crippen LogP contribution in [0.2, 0.25) is 0 Å². The van der Waals surface area contributed by atoms with E-state index in [1.807, 2.05) is 44.2 Å². The zero-order chi connectivity index (χ0) is 35.5. The maximum Gasteiger partial charge on any atom is 0.335 e. The first-order valence-electron chi connectivity index (χ1n) is 15.7. The van der Waals surface area contributed by atoms with Crippen LogP contribution in [0.5, 0.6) is 17.2 Å². The number of carboxylic acid groups (broad SMARTS) is 1. The van der Waals surface area contributed by atoms with Crippen LogP contribution in [0.1, 0.15) is 41.0 Å². The minimum atomic E-state index is -3.03. The Kier molecular flexibility index (Phi) is 11.1. The number of carboxylic acids is 1. The third kappa shape index (κ3) is 8.88. The van der Waals surface area contributed by atoms with Gasteiger partial charge in [0.15, 0.2) is 6.10 Å². The highest BCUT2D eigenvalue weighted by molar-refractivity contribution is 7.90. The maximum atomic E-state index is 12.7. The number of carbonyl (C=O) groups excluding carboxylic acids is 1. The van der Waals surface area contributed by atoms with Crippen LogP contribution in [0.4, 0.5) is 0 Å². The smallest absolute Gasteiger partial charge is 0.335 e. The average Bonchev–Trinajstić information content (AvgIpc) is 3.43. The highest BCUT2D eigenvalue weighted by atomic mass is 32.2. The summed E-state index contributed by atoms with van der Waals surface area (Å²) in [4.78, 5) is 24.0. The molecule has 1 saturated heterocycles. The minimum absolute atomic E-state index is 0.0794. The molecule has 6 atom stereocenters. The average molecular weight is 701 g/mol. The number of ether oxygens (including phenoxy) is 5. The van der Waals surface area contributed by atoms with Gasteiger partial charge in [0.1, 0.15) is 52.0 Å². The molecule has 49 heavy (non-hydrogen) atoms. The van der Waals surface area contributed by atoms with Gasteiger partial charge in [0.25, 0.3) is 0 Å². The third-order valence-electron chi connectivity index (χ3n) is 8.39. The molecule has 0 bridgehead atoms. The van der Waals surface area contributed by atoms with Crippen molar-refractivity contribution in [2.24, 2.45) is 0 Å². The molecule has 0 spiro atoms. The predicted molar refractivity (Wildman–Crippen MR) is 175 cm³/mol. The molecule has 0 aliphatic carbocycles. The van der Waals surface area contributed by atoms with Gasteiger partial charge in [-0.25, -0.2) is 13.2 Å². The summed E-state index contributed by atoms with van der Waals surface area (Å²) in [5, 5.41) is 39.1. The first-order valence-corrected chi connectivity index (χ1v) is 17.8. The zero-order valence-electron chi connectivity index (χ0n) is 27.3. The lowest BCUT2D eigenvalue weighted by molar-refractivity contribution is -0.286. The van der Waals surface area contributed by atoms with E-state index in [1.165, 1.54) is 6.26 Å². The normalized spacial score (nSPS) is 23.3. The van der Waals surface area contributed by atoms with Crippen LogP contribution in [0.15, 0.2) is 54.6 Å². The number of hydrogen-bond donors (Lipinski definition) is 4. The van der Waals surface area contributed by atoms with E-state index >= 15 is 0 Å². The van der Waals surface area contributed by atoms with Crippen LogP contribution < -0.4 is 14.2 Å². The number of fused-ring (bicyclic) bond motifs is 1.